The maximum absolute atomic E-state index is 11.7. The molecule has 4 nitrogen and oxygen atoms in total. The molecule has 0 saturated carbocycles. The fraction of sp³-hybridized carbons (Fsp3) is 0.457. The molecule has 0 aliphatic rings. The van der Waals surface area contributed by atoms with E-state index in [9.17, 15) is 9.90 Å². The third-order valence-electron chi connectivity index (χ3n) is 10.2. The van der Waals surface area contributed by atoms with Crippen molar-refractivity contribution in [2.75, 3.05) is 0 Å². The van der Waals surface area contributed by atoms with Crippen molar-refractivity contribution in [3.05, 3.63) is 88.9 Å². The summed E-state index contributed by atoms with van der Waals surface area (Å²) in [6.07, 6.45) is 7.71. The number of aliphatic hydroxyl groups is 1. The van der Waals surface area contributed by atoms with Crippen LogP contribution in [0.4, 0.5) is 0 Å². The van der Waals surface area contributed by atoms with Crippen LogP contribution in [0.2, 0.25) is 19.6 Å². The molecule has 0 unspecified atom stereocenters. The van der Waals surface area contributed by atoms with Crippen LogP contribution in [0.1, 0.15) is 96.4 Å². The number of carbonyl (C=O) groups excluding carboxylic acids is 1. The summed E-state index contributed by atoms with van der Waals surface area (Å²) in [4.78, 5) is 22.6. The van der Waals surface area contributed by atoms with E-state index < -0.39 is 8.07 Å². The Morgan fingerprint density at radius 1 is 0.906 bits per heavy atom. The number of hydrogen-bond donors (Lipinski definition) is 1. The van der Waals surface area contributed by atoms with Gasteiger partial charge >= 0.3 is 0 Å². The van der Waals surface area contributed by atoms with Crippen LogP contribution >= 0.6 is 11.3 Å². The average Bonchev–Trinajstić information content (AvgIpc) is 3.39. The Labute approximate surface area is 338 Å². The van der Waals surface area contributed by atoms with Crippen molar-refractivity contribution in [1.29, 1.82) is 0 Å². The van der Waals surface area contributed by atoms with Crippen LogP contribution in [0, 0.1) is 44.1 Å². The quantitative estimate of drug-likeness (QED) is 0.0620. The van der Waals surface area contributed by atoms with Crippen molar-refractivity contribution in [3.8, 4) is 21.7 Å². The molecule has 0 aliphatic carbocycles. The van der Waals surface area contributed by atoms with Gasteiger partial charge in [-0.2, -0.15) is 0 Å². The number of carbonyl (C=O) groups is 1. The maximum Gasteiger partial charge on any atom is 0.162 e. The van der Waals surface area contributed by atoms with Crippen LogP contribution in [0.15, 0.2) is 60.6 Å². The molecular weight excluding hydrogens is 865 g/mol. The number of allylic oxidation sites excluding steroid dienone is 2. The van der Waals surface area contributed by atoms with E-state index in [-0.39, 0.29) is 48.9 Å². The number of aliphatic hydroxyl groups excluding tert-OH is 1. The Morgan fingerprint density at radius 3 is 2.04 bits per heavy atom. The van der Waals surface area contributed by atoms with E-state index in [0.29, 0.717) is 0 Å². The Morgan fingerprint density at radius 2 is 1.49 bits per heavy atom. The predicted molar refractivity (Wildman–Crippen MR) is 229 cm³/mol. The number of aryl methyl sites for hydroxylation is 3. The second-order valence-electron chi connectivity index (χ2n) is 16.7. The van der Waals surface area contributed by atoms with Gasteiger partial charge in [0.25, 0.3) is 0 Å². The zero-order valence-corrected chi connectivity index (χ0v) is 38.6. The number of rotatable bonds is 11. The largest absolute Gasteiger partial charge is 0.512 e. The summed E-state index contributed by atoms with van der Waals surface area (Å²) in [6.45, 7) is 28.9. The van der Waals surface area contributed by atoms with Crippen molar-refractivity contribution in [1.82, 2.24) is 9.97 Å². The van der Waals surface area contributed by atoms with E-state index in [1.54, 1.807) is 6.33 Å². The average molecular weight is 926 g/mol. The Bertz CT molecular complexity index is 2040. The molecule has 53 heavy (non-hydrogen) atoms. The number of fused-ring (bicyclic) bond motifs is 2. The van der Waals surface area contributed by atoms with Crippen LogP contribution in [-0.4, -0.2) is 28.9 Å². The molecule has 0 bridgehead atoms. The van der Waals surface area contributed by atoms with E-state index in [0.717, 1.165) is 53.6 Å². The summed E-state index contributed by atoms with van der Waals surface area (Å²) < 4.78 is 1.15. The number of aromatic nitrogens is 2. The van der Waals surface area contributed by atoms with Gasteiger partial charge in [0.2, 0.25) is 0 Å². The monoisotopic (exact) mass is 926 g/mol. The molecule has 5 aromatic rings. The Kier molecular flexibility index (Phi) is 15.6. The predicted octanol–water partition coefficient (Wildman–Crippen LogP) is 12.9. The minimum absolute atomic E-state index is 0. The van der Waals surface area contributed by atoms with Crippen LogP contribution in [0.25, 0.3) is 42.7 Å². The summed E-state index contributed by atoms with van der Waals surface area (Å²) >= 11 is 1.83. The van der Waals surface area contributed by atoms with E-state index in [1.165, 1.54) is 54.7 Å². The minimum atomic E-state index is -1.59. The van der Waals surface area contributed by atoms with Gasteiger partial charge < -0.3 is 5.11 Å². The number of thiophene rings is 1. The molecule has 7 heteroatoms. The van der Waals surface area contributed by atoms with Gasteiger partial charge in [-0.05, 0) is 86.1 Å². The van der Waals surface area contributed by atoms with E-state index in [4.69, 9.17) is 9.97 Å². The smallest absolute Gasteiger partial charge is 0.162 e. The van der Waals surface area contributed by atoms with Gasteiger partial charge in [0.15, 0.2) is 5.78 Å². The van der Waals surface area contributed by atoms with Crippen LogP contribution < -0.4 is 5.19 Å². The molecule has 1 radical (unpaired) electrons. The molecule has 2 aromatic heterocycles. The second-order valence-corrected chi connectivity index (χ2v) is 22.7. The topological polar surface area (TPSA) is 63.1 Å². The van der Waals surface area contributed by atoms with Crippen molar-refractivity contribution in [3.63, 3.8) is 0 Å². The van der Waals surface area contributed by atoms with Gasteiger partial charge in [-0.3, -0.25) is 9.78 Å². The first kappa shape index (κ1) is 44.4. The fourth-order valence-electron chi connectivity index (χ4n) is 7.34. The van der Waals surface area contributed by atoms with Crippen molar-refractivity contribution >= 4 is 51.4 Å². The molecule has 1 N–H and O–H groups in total. The first-order valence-electron chi connectivity index (χ1n) is 19.2. The summed E-state index contributed by atoms with van der Waals surface area (Å²) in [5.41, 5.74) is 10.1. The van der Waals surface area contributed by atoms with E-state index in [1.807, 2.05) is 39.0 Å². The Hall–Kier alpha value is -2.96. The fourth-order valence-corrected chi connectivity index (χ4v) is 10.4. The van der Waals surface area contributed by atoms with E-state index in [2.05, 4.69) is 110 Å². The summed E-state index contributed by atoms with van der Waals surface area (Å²) in [5, 5.41) is 13.7. The van der Waals surface area contributed by atoms with Gasteiger partial charge in [0, 0.05) is 53.3 Å². The number of benzene rings is 3. The molecule has 0 saturated heterocycles. The number of hydrogen-bond acceptors (Lipinski definition) is 5. The number of nitrogens with zero attached hydrogens (tertiary/aromatic N) is 2. The molecular formula is C46H61IrN2O2SSi-. The van der Waals surface area contributed by atoms with Gasteiger partial charge in [-0.1, -0.05) is 109 Å². The van der Waals surface area contributed by atoms with Crippen LogP contribution in [0.5, 0.6) is 0 Å². The molecule has 287 valence electrons. The van der Waals surface area contributed by atoms with Crippen molar-refractivity contribution < 1.29 is 30.0 Å². The molecule has 0 fully saturated rings. The van der Waals surface area contributed by atoms with Gasteiger partial charge in [0.05, 0.1) is 19.3 Å². The first-order chi connectivity index (χ1) is 24.4. The number of ketones is 1. The van der Waals surface area contributed by atoms with Crippen molar-refractivity contribution in [2.24, 2.45) is 17.3 Å². The van der Waals surface area contributed by atoms with E-state index >= 15 is 0 Å². The summed E-state index contributed by atoms with van der Waals surface area (Å²) in [5.74, 6) is 0.547. The zero-order chi connectivity index (χ0) is 38.5. The molecule has 3 aromatic carbocycles. The standard InChI is InChI=1S/C33H37N2SSi.C13H24O2.Ir/c1-20-14-23(18-33(4,5)6)15-21(2)28(20)31-22(3)29-32(36-31)30(35-19-34-29)25-16-24-12-10-11-13-26(24)27(17-25)37(7,8)9;1-5-10(6-2)12(14)9-13(15)11(7-3)8-4;/h10-15,17,19H,18H2,1-9H3;9-11,14H,5-8H2,1-4H3;/q-1;;/b;12-9-;. The molecule has 0 atom stereocenters. The zero-order valence-electron chi connectivity index (χ0n) is 34.4. The summed E-state index contributed by atoms with van der Waals surface area (Å²) in [6, 6.07) is 19.5. The van der Waals surface area contributed by atoms with Gasteiger partial charge in [-0.15, -0.1) is 40.1 Å². The minimum Gasteiger partial charge on any atom is -0.512 e. The molecule has 0 spiro atoms. The molecule has 0 aliphatic heterocycles. The second kappa shape index (κ2) is 18.6. The normalized spacial score (nSPS) is 12.3. The molecule has 0 amide bonds. The van der Waals surface area contributed by atoms with Crippen LogP contribution in [0.3, 0.4) is 0 Å². The van der Waals surface area contributed by atoms with Gasteiger partial charge in [-0.25, -0.2) is 4.98 Å². The van der Waals surface area contributed by atoms with Crippen LogP contribution in [-0.2, 0) is 31.3 Å². The SMILES string of the molecule is CCC(CC)C(=O)/C=C(\O)C(CC)CC.Cc1cc(CC(C)(C)C)cc(C)c1-c1sc2c(-c3[c-]c4ccccc4c([Si](C)(C)C)c3)ncnc2c1C.[Ir]. The Balaban J connectivity index is 0.000000403. The van der Waals surface area contributed by atoms with Gasteiger partial charge in [0.1, 0.15) is 6.33 Å². The maximum atomic E-state index is 11.7. The first-order valence-corrected chi connectivity index (χ1v) is 23.5. The summed E-state index contributed by atoms with van der Waals surface area (Å²) in [7, 11) is -1.59. The van der Waals surface area contributed by atoms with Crippen molar-refractivity contribution in [2.45, 2.75) is 121 Å². The molecule has 5 rings (SSSR count). The third kappa shape index (κ3) is 10.6. The molecule has 2 heterocycles. The third-order valence-corrected chi connectivity index (χ3v) is 13.5.